The summed E-state index contributed by atoms with van der Waals surface area (Å²) in [5.74, 6) is -0.160. The van der Waals surface area contributed by atoms with Crippen LogP contribution in [0.25, 0.3) is 0 Å². The molecule has 1 amide bonds. The first kappa shape index (κ1) is 15.5. The third kappa shape index (κ3) is 3.25. The fraction of sp³-hybridized carbons (Fsp3) is 0.267. The summed E-state index contributed by atoms with van der Waals surface area (Å²) in [4.78, 5) is 14.8. The normalized spacial score (nSPS) is 12.2. The summed E-state index contributed by atoms with van der Waals surface area (Å²) in [6, 6.07) is 7.42. The second-order valence-electron chi connectivity index (χ2n) is 4.67. The highest BCUT2D eigenvalue weighted by Crippen LogP contribution is 2.28. The second-order valence-corrected chi connectivity index (χ2v) is 7.36. The van der Waals surface area contributed by atoms with E-state index in [1.807, 2.05) is 13.0 Å². The lowest BCUT2D eigenvalue weighted by Crippen LogP contribution is -2.27. The molecule has 0 saturated carbocycles. The number of thiophene rings is 1. The van der Waals surface area contributed by atoms with Crippen LogP contribution in [0.4, 0.5) is 0 Å². The minimum atomic E-state index is -0.160. The molecule has 1 N–H and O–H groups in total. The van der Waals surface area contributed by atoms with Crippen LogP contribution in [-0.2, 0) is 0 Å². The molecule has 5 heteroatoms. The van der Waals surface area contributed by atoms with Crippen LogP contribution in [0.5, 0.6) is 0 Å². The molecule has 1 unspecified atom stereocenters. The van der Waals surface area contributed by atoms with Gasteiger partial charge in [0.2, 0.25) is 0 Å². The first-order valence-corrected chi connectivity index (χ1v) is 8.20. The number of aryl methyl sites for hydroxylation is 2. The standard InChI is InChI=1S/C15H15BrClNOS/c1-8-7-12(10(3)20-8)9(2)18-15(19)11-5-4-6-13(16)14(11)17/h4-7,9H,1-3H3,(H,18,19). The zero-order chi connectivity index (χ0) is 14.9. The number of carbonyl (C=O) groups is 1. The van der Waals surface area contributed by atoms with Gasteiger partial charge in [-0.1, -0.05) is 17.7 Å². The van der Waals surface area contributed by atoms with Crippen LogP contribution in [0, 0.1) is 13.8 Å². The third-order valence-electron chi connectivity index (χ3n) is 3.09. The lowest BCUT2D eigenvalue weighted by Gasteiger charge is -2.15. The predicted octanol–water partition coefficient (Wildman–Crippen LogP) is 5.27. The summed E-state index contributed by atoms with van der Waals surface area (Å²) >= 11 is 11.2. The molecule has 1 heterocycles. The van der Waals surface area contributed by atoms with Crippen molar-refractivity contribution in [2.75, 3.05) is 0 Å². The number of hydrogen-bond acceptors (Lipinski definition) is 2. The highest BCUT2D eigenvalue weighted by Gasteiger charge is 2.17. The minimum Gasteiger partial charge on any atom is -0.345 e. The molecule has 1 aromatic carbocycles. The van der Waals surface area contributed by atoms with Gasteiger partial charge >= 0.3 is 0 Å². The Balaban J connectivity index is 2.19. The van der Waals surface area contributed by atoms with Crippen LogP contribution in [0.3, 0.4) is 0 Å². The number of rotatable bonds is 3. The smallest absolute Gasteiger partial charge is 0.253 e. The maximum absolute atomic E-state index is 12.3. The van der Waals surface area contributed by atoms with Gasteiger partial charge in [-0.2, -0.15) is 0 Å². The molecule has 0 saturated heterocycles. The largest absolute Gasteiger partial charge is 0.345 e. The molecule has 1 atom stereocenters. The maximum Gasteiger partial charge on any atom is 0.253 e. The van der Waals surface area contributed by atoms with Gasteiger partial charge in [-0.3, -0.25) is 4.79 Å². The van der Waals surface area contributed by atoms with Crippen LogP contribution in [0.1, 0.15) is 38.6 Å². The Morgan fingerprint density at radius 2 is 2.10 bits per heavy atom. The van der Waals surface area contributed by atoms with Crippen LogP contribution in [-0.4, -0.2) is 5.91 Å². The Kier molecular flexibility index (Phi) is 4.89. The van der Waals surface area contributed by atoms with Gasteiger partial charge in [0.25, 0.3) is 5.91 Å². The van der Waals surface area contributed by atoms with E-state index in [9.17, 15) is 4.79 Å². The Morgan fingerprint density at radius 3 is 2.70 bits per heavy atom. The maximum atomic E-state index is 12.3. The van der Waals surface area contributed by atoms with E-state index >= 15 is 0 Å². The van der Waals surface area contributed by atoms with Gasteiger partial charge in [-0.05, 0) is 60.5 Å². The molecule has 2 nitrogen and oxygen atoms in total. The van der Waals surface area contributed by atoms with Gasteiger partial charge in [0.15, 0.2) is 0 Å². The molecular formula is C15H15BrClNOS. The lowest BCUT2D eigenvalue weighted by molar-refractivity contribution is 0.0940. The van der Waals surface area contributed by atoms with Crippen LogP contribution in [0.15, 0.2) is 28.7 Å². The van der Waals surface area contributed by atoms with Crippen molar-refractivity contribution in [1.29, 1.82) is 0 Å². The van der Waals surface area contributed by atoms with E-state index in [0.717, 1.165) is 10.0 Å². The monoisotopic (exact) mass is 371 g/mol. The second kappa shape index (κ2) is 6.29. The topological polar surface area (TPSA) is 29.1 Å². The number of nitrogens with one attached hydrogen (secondary N) is 1. The summed E-state index contributed by atoms with van der Waals surface area (Å²) in [5, 5.41) is 3.44. The number of amides is 1. The van der Waals surface area contributed by atoms with Crippen molar-refractivity contribution in [1.82, 2.24) is 5.32 Å². The number of carbonyl (C=O) groups excluding carboxylic acids is 1. The Morgan fingerprint density at radius 1 is 1.40 bits per heavy atom. The number of halogens is 2. The van der Waals surface area contributed by atoms with Gasteiger partial charge < -0.3 is 5.32 Å². The number of benzene rings is 1. The first-order valence-electron chi connectivity index (χ1n) is 6.22. The van der Waals surface area contributed by atoms with E-state index in [1.54, 1.807) is 23.5 Å². The van der Waals surface area contributed by atoms with Crippen LogP contribution >= 0.6 is 38.9 Å². The van der Waals surface area contributed by atoms with Gasteiger partial charge in [0.1, 0.15) is 0 Å². The van der Waals surface area contributed by atoms with Crippen molar-refractivity contribution < 1.29 is 4.79 Å². The van der Waals surface area contributed by atoms with Crippen molar-refractivity contribution >= 4 is 44.8 Å². The highest BCUT2D eigenvalue weighted by molar-refractivity contribution is 9.10. The first-order chi connectivity index (χ1) is 9.40. The van der Waals surface area contributed by atoms with Crippen molar-refractivity contribution in [3.05, 3.63) is 54.6 Å². The molecule has 0 bridgehead atoms. The predicted molar refractivity (Wildman–Crippen MR) is 88.8 cm³/mol. The average molecular weight is 373 g/mol. The van der Waals surface area contributed by atoms with Crippen LogP contribution < -0.4 is 5.32 Å². The van der Waals surface area contributed by atoms with E-state index in [1.165, 1.54) is 9.75 Å². The minimum absolute atomic E-state index is 0.0394. The summed E-state index contributed by atoms with van der Waals surface area (Å²) in [5.41, 5.74) is 1.64. The van der Waals surface area contributed by atoms with Gasteiger partial charge in [-0.25, -0.2) is 0 Å². The molecular weight excluding hydrogens is 358 g/mol. The summed E-state index contributed by atoms with van der Waals surface area (Å²) < 4.78 is 0.724. The van der Waals surface area contributed by atoms with Crippen molar-refractivity contribution in [3.8, 4) is 0 Å². The molecule has 0 aliphatic rings. The van der Waals surface area contributed by atoms with E-state index in [-0.39, 0.29) is 11.9 Å². The molecule has 0 fully saturated rings. The molecule has 0 spiro atoms. The van der Waals surface area contributed by atoms with Crippen molar-refractivity contribution in [2.24, 2.45) is 0 Å². The van der Waals surface area contributed by atoms with Gasteiger partial charge in [0.05, 0.1) is 16.6 Å². The Hall–Kier alpha value is -0.840. The molecule has 106 valence electrons. The molecule has 0 radical (unpaired) electrons. The van der Waals surface area contributed by atoms with Crippen molar-refractivity contribution in [3.63, 3.8) is 0 Å². The Bertz CT molecular complexity index is 653. The van der Waals surface area contributed by atoms with E-state index in [0.29, 0.717) is 10.6 Å². The average Bonchev–Trinajstić information content (AvgIpc) is 2.71. The molecule has 1 aromatic heterocycles. The molecule has 0 aliphatic heterocycles. The van der Waals surface area contributed by atoms with Gasteiger partial charge in [-0.15, -0.1) is 11.3 Å². The number of hydrogen-bond donors (Lipinski definition) is 1. The SMILES string of the molecule is Cc1cc(C(C)NC(=O)c2cccc(Br)c2Cl)c(C)s1. The van der Waals surface area contributed by atoms with Crippen LogP contribution in [0.2, 0.25) is 5.02 Å². The molecule has 0 aliphatic carbocycles. The quantitative estimate of drug-likeness (QED) is 0.781. The Labute approximate surface area is 136 Å². The summed E-state index contributed by atoms with van der Waals surface area (Å²) in [7, 11) is 0. The van der Waals surface area contributed by atoms with Crippen molar-refractivity contribution in [2.45, 2.75) is 26.8 Å². The van der Waals surface area contributed by atoms with Gasteiger partial charge in [0, 0.05) is 14.2 Å². The van der Waals surface area contributed by atoms with E-state index in [2.05, 4.69) is 41.2 Å². The zero-order valence-corrected chi connectivity index (χ0v) is 14.6. The fourth-order valence-corrected chi connectivity index (χ4v) is 3.71. The summed E-state index contributed by atoms with van der Waals surface area (Å²) in [6.45, 7) is 6.13. The highest BCUT2D eigenvalue weighted by atomic mass is 79.9. The van der Waals surface area contributed by atoms with E-state index < -0.39 is 0 Å². The van der Waals surface area contributed by atoms with E-state index in [4.69, 9.17) is 11.6 Å². The summed E-state index contributed by atoms with van der Waals surface area (Å²) in [6.07, 6.45) is 0. The molecule has 20 heavy (non-hydrogen) atoms. The fourth-order valence-electron chi connectivity index (χ4n) is 2.11. The third-order valence-corrected chi connectivity index (χ3v) is 5.37. The lowest BCUT2D eigenvalue weighted by atomic mass is 10.1. The molecule has 2 aromatic rings. The molecule has 2 rings (SSSR count). The zero-order valence-electron chi connectivity index (χ0n) is 11.5.